The summed E-state index contributed by atoms with van der Waals surface area (Å²) in [5.41, 5.74) is 5.69. The minimum atomic E-state index is -0.601. The van der Waals surface area contributed by atoms with E-state index in [9.17, 15) is 4.79 Å². The molecule has 1 aliphatic carbocycles. The highest BCUT2D eigenvalue weighted by Gasteiger charge is 2.40. The van der Waals surface area contributed by atoms with E-state index in [-0.39, 0.29) is 11.9 Å². The van der Waals surface area contributed by atoms with Crippen LogP contribution in [0.2, 0.25) is 0 Å². The summed E-state index contributed by atoms with van der Waals surface area (Å²) in [5, 5.41) is 0. The second-order valence-electron chi connectivity index (χ2n) is 5.53. The van der Waals surface area contributed by atoms with E-state index in [1.165, 1.54) is 6.42 Å². The molecule has 0 heterocycles. The van der Waals surface area contributed by atoms with Gasteiger partial charge in [0.1, 0.15) is 0 Å². The molecular formula is C13H26N2O. The average Bonchev–Trinajstić information content (AvgIpc) is 2.25. The van der Waals surface area contributed by atoms with Crippen LogP contribution < -0.4 is 5.73 Å². The van der Waals surface area contributed by atoms with E-state index >= 15 is 0 Å². The molecule has 0 aromatic heterocycles. The Kier molecular flexibility index (Phi) is 4.36. The zero-order valence-electron chi connectivity index (χ0n) is 11.1. The number of hydrogen-bond acceptors (Lipinski definition) is 2. The maximum absolute atomic E-state index is 12.4. The Morgan fingerprint density at radius 2 is 2.25 bits per heavy atom. The van der Waals surface area contributed by atoms with Crippen LogP contribution in [-0.2, 0) is 4.79 Å². The van der Waals surface area contributed by atoms with Crippen molar-refractivity contribution in [2.75, 3.05) is 7.05 Å². The molecule has 0 bridgehead atoms. The molecule has 3 atom stereocenters. The largest absolute Gasteiger partial charge is 0.341 e. The number of likely N-dealkylation sites (N-methyl/N-ethyl adjacent to an activating group) is 1. The van der Waals surface area contributed by atoms with Crippen molar-refractivity contribution in [1.29, 1.82) is 0 Å². The van der Waals surface area contributed by atoms with E-state index in [4.69, 9.17) is 5.73 Å². The van der Waals surface area contributed by atoms with Gasteiger partial charge in [-0.1, -0.05) is 26.7 Å². The molecular weight excluding hydrogens is 200 g/mol. The summed E-state index contributed by atoms with van der Waals surface area (Å²) in [4.78, 5) is 14.2. The van der Waals surface area contributed by atoms with Crippen molar-refractivity contribution in [1.82, 2.24) is 4.90 Å². The van der Waals surface area contributed by atoms with Crippen LogP contribution in [0.3, 0.4) is 0 Å². The fourth-order valence-electron chi connectivity index (χ4n) is 2.61. The molecule has 2 N–H and O–H groups in total. The molecule has 94 valence electrons. The summed E-state index contributed by atoms with van der Waals surface area (Å²) in [6, 6.07) is 0.283. The second-order valence-corrected chi connectivity index (χ2v) is 5.53. The Morgan fingerprint density at radius 1 is 1.62 bits per heavy atom. The van der Waals surface area contributed by atoms with Gasteiger partial charge in [0, 0.05) is 13.1 Å². The first-order chi connectivity index (χ1) is 7.40. The van der Waals surface area contributed by atoms with Crippen LogP contribution in [0, 0.1) is 5.92 Å². The summed E-state index contributed by atoms with van der Waals surface area (Å²) in [6.07, 6.45) is 4.95. The van der Waals surface area contributed by atoms with Gasteiger partial charge in [-0.25, -0.2) is 0 Å². The molecule has 1 rings (SSSR count). The van der Waals surface area contributed by atoms with Gasteiger partial charge in [-0.15, -0.1) is 0 Å². The maximum Gasteiger partial charge on any atom is 0.242 e. The van der Waals surface area contributed by atoms with Gasteiger partial charge in [-0.05, 0) is 32.1 Å². The Morgan fingerprint density at radius 3 is 2.75 bits per heavy atom. The number of nitrogens with two attached hydrogens (primary N) is 1. The van der Waals surface area contributed by atoms with Gasteiger partial charge in [0.15, 0.2) is 0 Å². The van der Waals surface area contributed by atoms with Crippen LogP contribution in [0.25, 0.3) is 0 Å². The molecule has 16 heavy (non-hydrogen) atoms. The number of carbonyl (C=O) groups excluding carboxylic acids is 1. The van der Waals surface area contributed by atoms with E-state index in [0.29, 0.717) is 5.92 Å². The topological polar surface area (TPSA) is 46.3 Å². The van der Waals surface area contributed by atoms with E-state index < -0.39 is 5.54 Å². The van der Waals surface area contributed by atoms with Crippen molar-refractivity contribution in [3.8, 4) is 0 Å². The first kappa shape index (κ1) is 13.5. The zero-order valence-corrected chi connectivity index (χ0v) is 11.1. The molecule has 0 saturated heterocycles. The molecule has 0 radical (unpaired) electrons. The fraction of sp³-hybridized carbons (Fsp3) is 0.923. The standard InChI is InChI=1S/C13H26N2O/c1-5-11(3)15(4)12(16)13(14)8-6-7-10(2)9-13/h10-11H,5-9,14H2,1-4H3. The Labute approximate surface area is 99.4 Å². The number of amides is 1. The van der Waals surface area contributed by atoms with Crippen molar-refractivity contribution in [3.63, 3.8) is 0 Å². The summed E-state index contributed by atoms with van der Waals surface area (Å²) >= 11 is 0. The van der Waals surface area contributed by atoms with Gasteiger partial charge >= 0.3 is 0 Å². The van der Waals surface area contributed by atoms with Crippen molar-refractivity contribution >= 4 is 5.91 Å². The first-order valence-corrected chi connectivity index (χ1v) is 6.47. The van der Waals surface area contributed by atoms with Crippen molar-refractivity contribution in [2.24, 2.45) is 11.7 Å². The predicted molar refractivity (Wildman–Crippen MR) is 67.1 cm³/mol. The molecule has 0 aromatic rings. The average molecular weight is 226 g/mol. The summed E-state index contributed by atoms with van der Waals surface area (Å²) < 4.78 is 0. The predicted octanol–water partition coefficient (Wildman–Crippen LogP) is 2.15. The van der Waals surface area contributed by atoms with Gasteiger partial charge in [0.05, 0.1) is 5.54 Å². The van der Waals surface area contributed by atoms with Crippen LogP contribution in [-0.4, -0.2) is 29.4 Å². The van der Waals surface area contributed by atoms with E-state index in [0.717, 1.165) is 25.7 Å². The third kappa shape index (κ3) is 2.76. The smallest absolute Gasteiger partial charge is 0.242 e. The van der Waals surface area contributed by atoms with Crippen LogP contribution in [0.1, 0.15) is 52.9 Å². The molecule has 0 aromatic carbocycles. The van der Waals surface area contributed by atoms with Crippen molar-refractivity contribution < 1.29 is 4.79 Å². The van der Waals surface area contributed by atoms with E-state index in [1.54, 1.807) is 0 Å². The Bertz CT molecular complexity index is 254. The monoisotopic (exact) mass is 226 g/mol. The number of nitrogens with zero attached hydrogens (tertiary/aromatic N) is 1. The minimum absolute atomic E-state index is 0.133. The van der Waals surface area contributed by atoms with Crippen LogP contribution in [0.4, 0.5) is 0 Å². The molecule has 0 aliphatic heterocycles. The van der Waals surface area contributed by atoms with Crippen LogP contribution in [0.15, 0.2) is 0 Å². The third-order valence-electron chi connectivity index (χ3n) is 4.03. The van der Waals surface area contributed by atoms with Crippen LogP contribution in [0.5, 0.6) is 0 Å². The zero-order chi connectivity index (χ0) is 12.3. The van der Waals surface area contributed by atoms with Crippen molar-refractivity contribution in [3.05, 3.63) is 0 Å². The summed E-state index contributed by atoms with van der Waals surface area (Å²) in [5.74, 6) is 0.710. The number of rotatable bonds is 3. The summed E-state index contributed by atoms with van der Waals surface area (Å²) in [6.45, 7) is 6.37. The van der Waals surface area contributed by atoms with E-state index in [2.05, 4.69) is 20.8 Å². The maximum atomic E-state index is 12.4. The summed E-state index contributed by atoms with van der Waals surface area (Å²) in [7, 11) is 1.88. The molecule has 3 heteroatoms. The molecule has 3 unspecified atom stereocenters. The normalized spacial score (nSPS) is 32.2. The molecule has 1 aliphatic rings. The Hall–Kier alpha value is -0.570. The lowest BCUT2D eigenvalue weighted by Crippen LogP contribution is -2.58. The lowest BCUT2D eigenvalue weighted by Gasteiger charge is -2.39. The second kappa shape index (κ2) is 5.17. The first-order valence-electron chi connectivity index (χ1n) is 6.47. The highest BCUT2D eigenvalue weighted by atomic mass is 16.2. The number of hydrogen-bond donors (Lipinski definition) is 1. The Balaban J connectivity index is 2.71. The van der Waals surface area contributed by atoms with Gasteiger partial charge in [-0.2, -0.15) is 0 Å². The SMILES string of the molecule is CCC(C)N(C)C(=O)C1(N)CCCC(C)C1. The van der Waals surface area contributed by atoms with Gasteiger partial charge < -0.3 is 10.6 Å². The highest BCUT2D eigenvalue weighted by Crippen LogP contribution is 2.32. The van der Waals surface area contributed by atoms with Gasteiger partial charge in [0.2, 0.25) is 5.91 Å². The third-order valence-corrected chi connectivity index (χ3v) is 4.03. The fourth-order valence-corrected chi connectivity index (χ4v) is 2.61. The van der Waals surface area contributed by atoms with Crippen LogP contribution >= 0.6 is 0 Å². The molecule has 1 fully saturated rings. The van der Waals surface area contributed by atoms with E-state index in [1.807, 2.05) is 11.9 Å². The number of carbonyl (C=O) groups is 1. The molecule has 0 spiro atoms. The van der Waals surface area contributed by atoms with Gasteiger partial charge in [0.25, 0.3) is 0 Å². The minimum Gasteiger partial charge on any atom is -0.341 e. The van der Waals surface area contributed by atoms with Gasteiger partial charge in [-0.3, -0.25) is 4.79 Å². The van der Waals surface area contributed by atoms with Crippen molar-refractivity contribution in [2.45, 2.75) is 64.5 Å². The quantitative estimate of drug-likeness (QED) is 0.801. The lowest BCUT2D eigenvalue weighted by atomic mass is 9.76. The molecule has 1 saturated carbocycles. The lowest BCUT2D eigenvalue weighted by molar-refractivity contribution is -0.139. The molecule has 1 amide bonds. The molecule has 3 nitrogen and oxygen atoms in total. The highest BCUT2D eigenvalue weighted by molar-refractivity contribution is 5.86.